The molecule has 68 valence electrons. The van der Waals surface area contributed by atoms with Gasteiger partial charge in [-0.05, 0) is 37.3 Å². The molecule has 1 nitrogen and oxygen atoms in total. The van der Waals surface area contributed by atoms with Crippen molar-refractivity contribution in [2.45, 2.75) is 26.2 Å². The van der Waals surface area contributed by atoms with Gasteiger partial charge in [-0.2, -0.15) is 0 Å². The maximum Gasteiger partial charge on any atom is 0.0654 e. The molecule has 1 heteroatoms. The van der Waals surface area contributed by atoms with E-state index in [1.54, 1.807) is 0 Å². The summed E-state index contributed by atoms with van der Waals surface area (Å²) in [6.07, 6.45) is 6.15. The van der Waals surface area contributed by atoms with Crippen molar-refractivity contribution in [3.8, 4) is 0 Å². The maximum absolute atomic E-state index is 4.50. The summed E-state index contributed by atoms with van der Waals surface area (Å²) in [5.74, 6) is 0.750. The lowest BCUT2D eigenvalue weighted by Gasteiger charge is -2.20. The van der Waals surface area contributed by atoms with E-state index < -0.39 is 0 Å². The zero-order chi connectivity index (χ0) is 9.10. The number of nitrogens with zero attached hydrogens (tertiary/aromatic N) is 1. The monoisotopic (exact) mass is 173 g/mol. The van der Waals surface area contributed by atoms with Crippen molar-refractivity contribution in [3.63, 3.8) is 0 Å². The number of aryl methyl sites for hydroxylation is 1. The largest absolute Gasteiger partial charge is 0.261 e. The highest BCUT2D eigenvalue weighted by Crippen LogP contribution is 2.26. The molecular formula is C12H15N. The van der Waals surface area contributed by atoms with Crippen LogP contribution < -0.4 is 0 Å². The molecule has 0 aliphatic heterocycles. The molecule has 1 saturated carbocycles. The van der Waals surface area contributed by atoms with E-state index >= 15 is 0 Å². The van der Waals surface area contributed by atoms with Gasteiger partial charge in [0.1, 0.15) is 0 Å². The molecule has 0 unspecified atom stereocenters. The van der Waals surface area contributed by atoms with Gasteiger partial charge in [-0.3, -0.25) is 4.99 Å². The van der Waals surface area contributed by atoms with Gasteiger partial charge in [0, 0.05) is 6.21 Å². The average molecular weight is 173 g/mol. The summed E-state index contributed by atoms with van der Waals surface area (Å²) < 4.78 is 0. The van der Waals surface area contributed by atoms with Crippen LogP contribution in [0.4, 0.5) is 5.69 Å². The molecule has 1 aliphatic carbocycles. The Balaban J connectivity index is 2.07. The minimum absolute atomic E-state index is 0.750. The third-order valence-corrected chi connectivity index (χ3v) is 2.69. The van der Waals surface area contributed by atoms with Gasteiger partial charge in [0.2, 0.25) is 0 Å². The first-order valence-electron chi connectivity index (χ1n) is 4.96. The second kappa shape index (κ2) is 3.73. The topological polar surface area (TPSA) is 12.4 Å². The standard InChI is InChI=1S/C12H15N/c1-10-5-2-3-8-12(10)13-9-11-6-4-7-11/h2-3,5,8-9,11H,4,6-7H2,1H3. The number of aliphatic imine (C=N–C) groups is 1. The highest BCUT2D eigenvalue weighted by Gasteiger charge is 2.14. The van der Waals surface area contributed by atoms with Crippen molar-refractivity contribution >= 4 is 11.9 Å². The number of para-hydroxylation sites is 1. The van der Waals surface area contributed by atoms with Crippen LogP contribution in [0.25, 0.3) is 0 Å². The maximum atomic E-state index is 4.50. The predicted molar refractivity (Wildman–Crippen MR) is 56.7 cm³/mol. The first-order valence-corrected chi connectivity index (χ1v) is 4.96. The van der Waals surface area contributed by atoms with Crippen molar-refractivity contribution in [1.82, 2.24) is 0 Å². The average Bonchev–Trinajstić information content (AvgIpc) is 2.05. The van der Waals surface area contributed by atoms with E-state index in [9.17, 15) is 0 Å². The van der Waals surface area contributed by atoms with Crippen LogP contribution in [0.3, 0.4) is 0 Å². The van der Waals surface area contributed by atoms with E-state index in [2.05, 4.69) is 36.3 Å². The molecular weight excluding hydrogens is 158 g/mol. The highest BCUT2D eigenvalue weighted by molar-refractivity contribution is 5.67. The van der Waals surface area contributed by atoms with E-state index in [-0.39, 0.29) is 0 Å². The van der Waals surface area contributed by atoms with Gasteiger partial charge in [-0.1, -0.05) is 24.6 Å². The lowest BCUT2D eigenvalue weighted by atomic mass is 9.87. The first-order chi connectivity index (χ1) is 6.36. The van der Waals surface area contributed by atoms with Gasteiger partial charge in [-0.15, -0.1) is 0 Å². The zero-order valence-corrected chi connectivity index (χ0v) is 8.03. The lowest BCUT2D eigenvalue weighted by molar-refractivity contribution is 0.421. The molecule has 0 radical (unpaired) electrons. The van der Waals surface area contributed by atoms with Crippen molar-refractivity contribution < 1.29 is 0 Å². The molecule has 0 saturated heterocycles. The minimum atomic E-state index is 0.750. The number of hydrogen-bond acceptors (Lipinski definition) is 1. The summed E-state index contributed by atoms with van der Waals surface area (Å²) in [5.41, 5.74) is 2.38. The molecule has 1 aromatic carbocycles. The number of benzene rings is 1. The molecule has 0 heterocycles. The van der Waals surface area contributed by atoms with E-state index in [0.29, 0.717) is 0 Å². The van der Waals surface area contributed by atoms with E-state index in [4.69, 9.17) is 0 Å². The highest BCUT2D eigenvalue weighted by atomic mass is 14.7. The number of hydrogen-bond donors (Lipinski definition) is 0. The first kappa shape index (κ1) is 8.49. The minimum Gasteiger partial charge on any atom is -0.261 e. The van der Waals surface area contributed by atoms with Gasteiger partial charge in [0.15, 0.2) is 0 Å². The third kappa shape index (κ3) is 1.97. The van der Waals surface area contributed by atoms with Gasteiger partial charge in [0.25, 0.3) is 0 Å². The van der Waals surface area contributed by atoms with Crippen LogP contribution in [-0.4, -0.2) is 6.21 Å². The normalized spacial score (nSPS) is 17.6. The molecule has 1 aromatic rings. The number of rotatable bonds is 2. The Labute approximate surface area is 79.5 Å². The summed E-state index contributed by atoms with van der Waals surface area (Å²) in [4.78, 5) is 4.50. The molecule has 1 aliphatic rings. The molecule has 0 atom stereocenters. The van der Waals surface area contributed by atoms with Crippen LogP contribution in [-0.2, 0) is 0 Å². The van der Waals surface area contributed by atoms with E-state index in [0.717, 1.165) is 11.6 Å². The van der Waals surface area contributed by atoms with E-state index in [1.807, 2.05) is 6.07 Å². The molecule has 1 fully saturated rings. The van der Waals surface area contributed by atoms with Crippen LogP contribution in [0.15, 0.2) is 29.3 Å². The van der Waals surface area contributed by atoms with Crippen molar-refractivity contribution in [2.24, 2.45) is 10.9 Å². The molecule has 2 rings (SSSR count). The van der Waals surface area contributed by atoms with Crippen LogP contribution in [0.1, 0.15) is 24.8 Å². The smallest absolute Gasteiger partial charge is 0.0654 e. The van der Waals surface area contributed by atoms with Gasteiger partial charge < -0.3 is 0 Å². The van der Waals surface area contributed by atoms with Crippen molar-refractivity contribution in [3.05, 3.63) is 29.8 Å². The Morgan fingerprint density at radius 3 is 2.69 bits per heavy atom. The summed E-state index contributed by atoms with van der Waals surface area (Å²) in [7, 11) is 0. The fourth-order valence-corrected chi connectivity index (χ4v) is 1.48. The summed E-state index contributed by atoms with van der Waals surface area (Å²) in [6, 6.07) is 8.27. The van der Waals surface area contributed by atoms with Crippen molar-refractivity contribution in [1.29, 1.82) is 0 Å². The second-order valence-electron chi connectivity index (χ2n) is 3.76. The molecule has 0 amide bonds. The molecule has 0 spiro atoms. The Kier molecular flexibility index (Phi) is 2.44. The Morgan fingerprint density at radius 1 is 1.31 bits per heavy atom. The zero-order valence-electron chi connectivity index (χ0n) is 8.03. The Bertz CT molecular complexity index is 311. The summed E-state index contributed by atoms with van der Waals surface area (Å²) in [6.45, 7) is 2.10. The Hall–Kier alpha value is -1.11. The Morgan fingerprint density at radius 2 is 2.08 bits per heavy atom. The van der Waals surface area contributed by atoms with E-state index in [1.165, 1.54) is 24.8 Å². The molecule has 0 N–H and O–H groups in total. The summed E-state index contributed by atoms with van der Waals surface area (Å²) >= 11 is 0. The fourth-order valence-electron chi connectivity index (χ4n) is 1.48. The SMILES string of the molecule is Cc1ccccc1N=CC1CCC1. The van der Waals surface area contributed by atoms with Gasteiger partial charge in [-0.25, -0.2) is 0 Å². The van der Waals surface area contributed by atoms with Crippen LogP contribution in [0, 0.1) is 12.8 Å². The van der Waals surface area contributed by atoms with Gasteiger partial charge >= 0.3 is 0 Å². The third-order valence-electron chi connectivity index (χ3n) is 2.69. The quantitative estimate of drug-likeness (QED) is 0.607. The van der Waals surface area contributed by atoms with Gasteiger partial charge in [0.05, 0.1) is 5.69 Å². The molecule has 13 heavy (non-hydrogen) atoms. The fraction of sp³-hybridized carbons (Fsp3) is 0.417. The molecule has 0 aromatic heterocycles. The van der Waals surface area contributed by atoms with Crippen LogP contribution in [0.2, 0.25) is 0 Å². The molecule has 0 bridgehead atoms. The van der Waals surface area contributed by atoms with Crippen molar-refractivity contribution in [2.75, 3.05) is 0 Å². The van der Waals surface area contributed by atoms with Crippen LogP contribution in [0.5, 0.6) is 0 Å². The van der Waals surface area contributed by atoms with Crippen LogP contribution >= 0.6 is 0 Å². The predicted octanol–water partition coefficient (Wildman–Crippen LogP) is 3.50. The second-order valence-corrected chi connectivity index (χ2v) is 3.76. The lowest BCUT2D eigenvalue weighted by Crippen LogP contribution is -2.11. The summed E-state index contributed by atoms with van der Waals surface area (Å²) in [5, 5.41) is 0.